The van der Waals surface area contributed by atoms with Crippen LogP contribution in [0.15, 0.2) is 54.7 Å². The molecule has 0 saturated heterocycles. The molecule has 0 saturated carbocycles. The average molecular weight is 220 g/mol. The number of rotatable bonds is 2. The zero-order chi connectivity index (χ0) is 11.5. The fraction of sp³-hybridized carbons (Fsp3) is 0. The van der Waals surface area contributed by atoms with E-state index in [1.165, 1.54) is 5.39 Å². The Morgan fingerprint density at radius 1 is 0.941 bits per heavy atom. The van der Waals surface area contributed by atoms with Gasteiger partial charge in [0, 0.05) is 17.4 Å². The van der Waals surface area contributed by atoms with Gasteiger partial charge in [0.1, 0.15) is 0 Å². The van der Waals surface area contributed by atoms with Crippen LogP contribution in [0, 0.1) is 0 Å². The number of fused-ring (bicyclic) bond motifs is 1. The molecule has 0 fully saturated rings. The Balaban J connectivity index is 1.92. The Morgan fingerprint density at radius 3 is 2.65 bits per heavy atom. The second-order valence-electron chi connectivity index (χ2n) is 3.90. The second kappa shape index (κ2) is 4.26. The molecule has 0 aliphatic heterocycles. The lowest BCUT2D eigenvalue weighted by Gasteiger charge is -1.89. The van der Waals surface area contributed by atoms with E-state index in [0.29, 0.717) is 0 Å². The van der Waals surface area contributed by atoms with Crippen molar-refractivity contribution < 1.29 is 0 Å². The van der Waals surface area contributed by atoms with Gasteiger partial charge in [-0.05, 0) is 41.8 Å². The summed E-state index contributed by atoms with van der Waals surface area (Å²) in [6.07, 6.45) is 5.85. The van der Waals surface area contributed by atoms with Gasteiger partial charge in [-0.1, -0.05) is 24.3 Å². The molecule has 17 heavy (non-hydrogen) atoms. The van der Waals surface area contributed by atoms with Crippen LogP contribution >= 0.6 is 0 Å². The van der Waals surface area contributed by atoms with Crippen molar-refractivity contribution in [3.63, 3.8) is 0 Å². The molecular formula is C15H12N2. The van der Waals surface area contributed by atoms with E-state index in [1.54, 1.807) is 6.20 Å². The Morgan fingerprint density at radius 2 is 1.82 bits per heavy atom. The summed E-state index contributed by atoms with van der Waals surface area (Å²) in [7, 11) is 0. The lowest BCUT2D eigenvalue weighted by molar-refractivity contribution is 1.30. The highest BCUT2D eigenvalue weighted by Crippen LogP contribution is 2.16. The maximum absolute atomic E-state index is 4.25. The zero-order valence-electron chi connectivity index (χ0n) is 9.30. The third-order valence-corrected chi connectivity index (χ3v) is 2.67. The number of nitrogens with one attached hydrogen (secondary N) is 1. The SMILES string of the molecule is C(=C/c1cc2ccccc2[nH]1)/c1ccccn1. The standard InChI is InChI=1S/C15H12N2/c1-2-7-15-12(5-1)11-14(17-15)9-8-13-6-3-4-10-16-13/h1-11,17H/b9-8-. The van der Waals surface area contributed by atoms with Gasteiger partial charge in [0.2, 0.25) is 0 Å². The maximum Gasteiger partial charge on any atom is 0.0630 e. The lowest BCUT2D eigenvalue weighted by Crippen LogP contribution is -1.76. The van der Waals surface area contributed by atoms with E-state index in [-0.39, 0.29) is 0 Å². The van der Waals surface area contributed by atoms with Gasteiger partial charge in [-0.15, -0.1) is 0 Å². The van der Waals surface area contributed by atoms with Crippen LogP contribution in [0.3, 0.4) is 0 Å². The van der Waals surface area contributed by atoms with Crippen molar-refractivity contribution in [3.8, 4) is 0 Å². The second-order valence-corrected chi connectivity index (χ2v) is 3.90. The van der Waals surface area contributed by atoms with Crippen LogP contribution in [0.5, 0.6) is 0 Å². The maximum atomic E-state index is 4.25. The van der Waals surface area contributed by atoms with Crippen molar-refractivity contribution in [1.82, 2.24) is 9.97 Å². The number of benzene rings is 1. The van der Waals surface area contributed by atoms with Crippen molar-refractivity contribution in [2.75, 3.05) is 0 Å². The summed E-state index contributed by atoms with van der Waals surface area (Å²) < 4.78 is 0. The van der Waals surface area contributed by atoms with Crippen molar-refractivity contribution in [2.45, 2.75) is 0 Å². The summed E-state index contributed by atoms with van der Waals surface area (Å²) in [6, 6.07) is 16.3. The van der Waals surface area contributed by atoms with Gasteiger partial charge in [0.15, 0.2) is 0 Å². The van der Waals surface area contributed by atoms with Crippen molar-refractivity contribution in [1.29, 1.82) is 0 Å². The van der Waals surface area contributed by atoms with Crippen LogP contribution in [0.25, 0.3) is 23.1 Å². The zero-order valence-corrected chi connectivity index (χ0v) is 9.30. The number of H-pyrrole nitrogens is 1. The molecular weight excluding hydrogens is 208 g/mol. The fourth-order valence-electron chi connectivity index (χ4n) is 1.84. The number of aromatic nitrogens is 2. The van der Waals surface area contributed by atoms with Crippen molar-refractivity contribution in [3.05, 3.63) is 66.1 Å². The largest absolute Gasteiger partial charge is 0.355 e. The Hall–Kier alpha value is -2.35. The molecule has 82 valence electrons. The molecule has 0 amide bonds. The summed E-state index contributed by atoms with van der Waals surface area (Å²) in [5, 5.41) is 1.23. The number of hydrogen-bond acceptors (Lipinski definition) is 1. The molecule has 0 radical (unpaired) electrons. The highest BCUT2D eigenvalue weighted by atomic mass is 14.7. The number of para-hydroxylation sites is 1. The molecule has 0 spiro atoms. The highest BCUT2D eigenvalue weighted by Gasteiger charge is 1.95. The quantitative estimate of drug-likeness (QED) is 0.700. The van der Waals surface area contributed by atoms with E-state index in [0.717, 1.165) is 16.9 Å². The van der Waals surface area contributed by atoms with E-state index in [9.17, 15) is 0 Å². The van der Waals surface area contributed by atoms with Crippen LogP contribution in [-0.2, 0) is 0 Å². The van der Waals surface area contributed by atoms with E-state index in [4.69, 9.17) is 0 Å². The molecule has 1 N–H and O–H groups in total. The fourth-order valence-corrected chi connectivity index (χ4v) is 1.84. The lowest BCUT2D eigenvalue weighted by atomic mass is 10.2. The summed E-state index contributed by atoms with van der Waals surface area (Å²) in [6.45, 7) is 0. The van der Waals surface area contributed by atoms with Crippen LogP contribution in [0.2, 0.25) is 0 Å². The first-order chi connectivity index (χ1) is 8.42. The van der Waals surface area contributed by atoms with Gasteiger partial charge in [0.25, 0.3) is 0 Å². The van der Waals surface area contributed by atoms with Gasteiger partial charge in [-0.3, -0.25) is 4.98 Å². The van der Waals surface area contributed by atoms with Gasteiger partial charge in [0.05, 0.1) is 5.69 Å². The number of hydrogen-bond donors (Lipinski definition) is 1. The van der Waals surface area contributed by atoms with Crippen LogP contribution in [0.4, 0.5) is 0 Å². The van der Waals surface area contributed by atoms with Crippen molar-refractivity contribution in [2.24, 2.45) is 0 Å². The molecule has 0 atom stereocenters. The minimum absolute atomic E-state index is 0.964. The monoisotopic (exact) mass is 220 g/mol. The first-order valence-electron chi connectivity index (χ1n) is 5.59. The predicted molar refractivity (Wildman–Crippen MR) is 71.5 cm³/mol. The topological polar surface area (TPSA) is 28.7 Å². The van der Waals surface area contributed by atoms with Crippen LogP contribution < -0.4 is 0 Å². The molecule has 2 heteroatoms. The smallest absolute Gasteiger partial charge is 0.0630 e. The molecule has 0 unspecified atom stereocenters. The first-order valence-corrected chi connectivity index (χ1v) is 5.59. The summed E-state index contributed by atoms with van der Waals surface area (Å²) in [5.74, 6) is 0. The minimum atomic E-state index is 0.964. The third kappa shape index (κ3) is 2.11. The normalized spacial score (nSPS) is 11.3. The molecule has 0 aliphatic rings. The van der Waals surface area contributed by atoms with Crippen LogP contribution in [0.1, 0.15) is 11.4 Å². The Bertz CT molecular complexity index is 618. The van der Waals surface area contributed by atoms with Crippen LogP contribution in [-0.4, -0.2) is 9.97 Å². The van der Waals surface area contributed by atoms with E-state index in [1.807, 2.05) is 42.5 Å². The van der Waals surface area contributed by atoms with Crippen molar-refractivity contribution >= 4 is 23.1 Å². The Labute approximate surface area is 99.6 Å². The predicted octanol–water partition coefficient (Wildman–Crippen LogP) is 3.73. The third-order valence-electron chi connectivity index (χ3n) is 2.67. The molecule has 0 aliphatic carbocycles. The number of pyridine rings is 1. The van der Waals surface area contributed by atoms with Gasteiger partial charge in [-0.25, -0.2) is 0 Å². The molecule has 1 aromatic carbocycles. The number of nitrogens with zero attached hydrogens (tertiary/aromatic N) is 1. The van der Waals surface area contributed by atoms with Gasteiger partial charge < -0.3 is 4.98 Å². The van der Waals surface area contributed by atoms with E-state index >= 15 is 0 Å². The molecule has 2 nitrogen and oxygen atoms in total. The average Bonchev–Trinajstić information content (AvgIpc) is 2.80. The van der Waals surface area contributed by atoms with E-state index in [2.05, 4.69) is 28.2 Å². The highest BCUT2D eigenvalue weighted by molar-refractivity contribution is 5.84. The first kappa shape index (κ1) is 9.85. The molecule has 0 bridgehead atoms. The number of aromatic amines is 1. The molecule has 3 aromatic rings. The van der Waals surface area contributed by atoms with Gasteiger partial charge >= 0.3 is 0 Å². The molecule has 2 aromatic heterocycles. The van der Waals surface area contributed by atoms with E-state index < -0.39 is 0 Å². The Kier molecular flexibility index (Phi) is 2.47. The minimum Gasteiger partial charge on any atom is -0.355 e. The molecule has 2 heterocycles. The summed E-state index contributed by atoms with van der Waals surface area (Å²) in [5.41, 5.74) is 3.22. The molecule has 3 rings (SSSR count). The van der Waals surface area contributed by atoms with Gasteiger partial charge in [-0.2, -0.15) is 0 Å². The summed E-state index contributed by atoms with van der Waals surface area (Å²) >= 11 is 0. The summed E-state index contributed by atoms with van der Waals surface area (Å²) in [4.78, 5) is 7.60.